The largest absolute Gasteiger partial charge is 0.405 e. The summed E-state index contributed by atoms with van der Waals surface area (Å²) in [5, 5.41) is 0. The average molecular weight is 254 g/mol. The van der Waals surface area contributed by atoms with Crippen LogP contribution in [0.25, 0.3) is 0 Å². The van der Waals surface area contributed by atoms with Gasteiger partial charge in [-0.25, -0.2) is 0 Å². The normalized spacial score (nSPS) is 29.6. The van der Waals surface area contributed by atoms with Crippen LogP contribution in [0.4, 0.5) is 13.2 Å². The summed E-state index contributed by atoms with van der Waals surface area (Å²) in [5.41, 5.74) is 5.61. The molecule has 1 fully saturated rings. The Hall–Kier alpha value is -0.330. The highest BCUT2D eigenvalue weighted by Crippen LogP contribution is 2.31. The molecule has 0 aromatic carbocycles. The summed E-state index contributed by atoms with van der Waals surface area (Å²) in [5.74, 6) is 0. The predicted octanol–water partition coefficient (Wildman–Crippen LogP) is 1.76. The Labute approximate surface area is 100 Å². The lowest BCUT2D eigenvalue weighted by molar-refractivity contribution is -0.193. The van der Waals surface area contributed by atoms with Gasteiger partial charge in [-0.2, -0.15) is 13.2 Å². The first-order chi connectivity index (χ1) is 7.79. The van der Waals surface area contributed by atoms with Crippen molar-refractivity contribution in [2.45, 2.75) is 57.1 Å². The van der Waals surface area contributed by atoms with Crippen LogP contribution < -0.4 is 5.73 Å². The summed E-state index contributed by atoms with van der Waals surface area (Å²) in [6, 6.07) is -2.70. The van der Waals surface area contributed by atoms with Gasteiger partial charge in [-0.15, -0.1) is 0 Å². The molecule has 4 unspecified atom stereocenters. The Morgan fingerprint density at radius 1 is 1.47 bits per heavy atom. The van der Waals surface area contributed by atoms with E-state index in [2.05, 4.69) is 0 Å². The third kappa shape index (κ3) is 3.33. The van der Waals surface area contributed by atoms with E-state index < -0.39 is 18.3 Å². The van der Waals surface area contributed by atoms with E-state index >= 15 is 0 Å². The van der Waals surface area contributed by atoms with Crippen molar-refractivity contribution < 1.29 is 17.9 Å². The second kappa shape index (κ2) is 5.54. The van der Waals surface area contributed by atoms with Crippen LogP contribution >= 0.6 is 0 Å². The minimum absolute atomic E-state index is 0.172. The molecule has 0 spiro atoms. The first kappa shape index (κ1) is 14.7. The van der Waals surface area contributed by atoms with Gasteiger partial charge in [0.05, 0.1) is 6.10 Å². The zero-order chi connectivity index (χ0) is 13.2. The van der Waals surface area contributed by atoms with Crippen molar-refractivity contribution in [1.29, 1.82) is 0 Å². The fourth-order valence-corrected chi connectivity index (χ4v) is 2.46. The number of nitrogens with zero attached hydrogens (tertiary/aromatic N) is 1. The van der Waals surface area contributed by atoms with Crippen LogP contribution in [0.3, 0.4) is 0 Å². The summed E-state index contributed by atoms with van der Waals surface area (Å²) in [4.78, 5) is 1.34. The van der Waals surface area contributed by atoms with Gasteiger partial charge in [0.15, 0.2) is 0 Å². The predicted molar refractivity (Wildman–Crippen MR) is 59.7 cm³/mol. The molecular weight excluding hydrogens is 233 g/mol. The molecule has 1 aliphatic heterocycles. The molecule has 2 N–H and O–H groups in total. The van der Waals surface area contributed by atoms with Crippen molar-refractivity contribution in [1.82, 2.24) is 4.90 Å². The third-order valence-electron chi connectivity index (χ3n) is 3.51. The lowest BCUT2D eigenvalue weighted by Crippen LogP contribution is -2.58. The van der Waals surface area contributed by atoms with Gasteiger partial charge in [0.25, 0.3) is 0 Å². The molecule has 0 saturated carbocycles. The minimum Gasteiger partial charge on any atom is -0.377 e. The molecule has 1 heterocycles. The van der Waals surface area contributed by atoms with E-state index in [1.807, 2.05) is 0 Å². The molecule has 1 saturated heterocycles. The highest BCUT2D eigenvalue weighted by atomic mass is 19.4. The standard InChI is InChI=1S/C11H21F3N2O/c1-4-8(15)10(11(12,13)14)16(3)9-5-6-17-7(9)2/h7-10H,4-6,15H2,1-3H3. The fourth-order valence-electron chi connectivity index (χ4n) is 2.46. The Kier molecular flexibility index (Phi) is 4.80. The van der Waals surface area contributed by atoms with Crippen molar-refractivity contribution in [3.8, 4) is 0 Å². The van der Waals surface area contributed by atoms with Crippen LogP contribution in [0.1, 0.15) is 26.7 Å². The van der Waals surface area contributed by atoms with Crippen LogP contribution in [-0.4, -0.2) is 49.0 Å². The number of alkyl halides is 3. The summed E-state index contributed by atoms with van der Waals surface area (Å²) in [6.45, 7) is 3.99. The zero-order valence-electron chi connectivity index (χ0n) is 10.5. The van der Waals surface area contributed by atoms with Gasteiger partial charge in [-0.05, 0) is 26.8 Å². The number of nitrogens with two attached hydrogens (primary N) is 1. The maximum Gasteiger partial charge on any atom is 0.405 e. The van der Waals surface area contributed by atoms with Gasteiger partial charge < -0.3 is 10.5 Å². The molecule has 3 nitrogen and oxygen atoms in total. The van der Waals surface area contributed by atoms with Crippen molar-refractivity contribution in [3.63, 3.8) is 0 Å². The van der Waals surface area contributed by atoms with Crippen LogP contribution in [0.15, 0.2) is 0 Å². The van der Waals surface area contributed by atoms with E-state index in [9.17, 15) is 13.2 Å². The molecule has 4 atom stereocenters. The Balaban J connectivity index is 2.82. The van der Waals surface area contributed by atoms with Gasteiger partial charge in [-0.3, -0.25) is 4.90 Å². The third-order valence-corrected chi connectivity index (χ3v) is 3.51. The van der Waals surface area contributed by atoms with Crippen molar-refractivity contribution in [2.24, 2.45) is 5.73 Å². The number of rotatable bonds is 4. The van der Waals surface area contributed by atoms with Gasteiger partial charge in [0.1, 0.15) is 6.04 Å². The highest BCUT2D eigenvalue weighted by Gasteiger charge is 2.48. The first-order valence-corrected chi connectivity index (χ1v) is 5.94. The van der Waals surface area contributed by atoms with E-state index in [-0.39, 0.29) is 12.1 Å². The monoisotopic (exact) mass is 254 g/mol. The van der Waals surface area contributed by atoms with Gasteiger partial charge in [0.2, 0.25) is 0 Å². The molecule has 17 heavy (non-hydrogen) atoms. The zero-order valence-corrected chi connectivity index (χ0v) is 10.5. The maximum atomic E-state index is 13.0. The molecule has 0 aromatic heterocycles. The molecule has 0 amide bonds. The summed E-state index contributed by atoms with van der Waals surface area (Å²) >= 11 is 0. The molecule has 0 radical (unpaired) electrons. The average Bonchev–Trinajstić information content (AvgIpc) is 2.62. The van der Waals surface area contributed by atoms with E-state index in [1.165, 1.54) is 11.9 Å². The van der Waals surface area contributed by atoms with Gasteiger partial charge >= 0.3 is 6.18 Å². The molecule has 0 aliphatic carbocycles. The van der Waals surface area contributed by atoms with Crippen LogP contribution in [0, 0.1) is 0 Å². The number of halogens is 3. The maximum absolute atomic E-state index is 13.0. The second-order valence-electron chi connectivity index (χ2n) is 4.66. The Morgan fingerprint density at radius 3 is 2.41 bits per heavy atom. The van der Waals surface area contributed by atoms with E-state index in [0.29, 0.717) is 19.4 Å². The quantitative estimate of drug-likeness (QED) is 0.831. The molecule has 1 aliphatic rings. The van der Waals surface area contributed by atoms with Gasteiger partial charge in [0, 0.05) is 18.7 Å². The number of hydrogen-bond acceptors (Lipinski definition) is 3. The Morgan fingerprint density at radius 2 is 2.06 bits per heavy atom. The lowest BCUT2D eigenvalue weighted by Gasteiger charge is -2.38. The smallest absolute Gasteiger partial charge is 0.377 e. The molecule has 102 valence electrons. The van der Waals surface area contributed by atoms with Crippen molar-refractivity contribution in [3.05, 3.63) is 0 Å². The van der Waals surface area contributed by atoms with Gasteiger partial charge in [-0.1, -0.05) is 6.92 Å². The SMILES string of the molecule is CCC(N)C(N(C)C1CCOC1C)C(F)(F)F. The molecule has 1 rings (SSSR count). The van der Waals surface area contributed by atoms with Crippen molar-refractivity contribution >= 4 is 0 Å². The Bertz CT molecular complexity index is 247. The van der Waals surface area contributed by atoms with E-state index in [4.69, 9.17) is 10.5 Å². The fraction of sp³-hybridized carbons (Fsp3) is 1.00. The summed E-state index contributed by atoms with van der Waals surface area (Å²) in [6.07, 6.45) is -3.54. The lowest BCUT2D eigenvalue weighted by atomic mass is 10.0. The number of hydrogen-bond donors (Lipinski definition) is 1. The summed E-state index contributed by atoms with van der Waals surface area (Å²) < 4.78 is 44.4. The first-order valence-electron chi connectivity index (χ1n) is 5.94. The topological polar surface area (TPSA) is 38.5 Å². The molecular formula is C11H21F3N2O. The van der Waals surface area contributed by atoms with Crippen LogP contribution in [-0.2, 0) is 4.74 Å². The van der Waals surface area contributed by atoms with E-state index in [1.54, 1.807) is 13.8 Å². The van der Waals surface area contributed by atoms with Crippen molar-refractivity contribution in [2.75, 3.05) is 13.7 Å². The second-order valence-corrected chi connectivity index (χ2v) is 4.66. The molecule has 0 aromatic rings. The number of ether oxygens (including phenoxy) is 1. The molecule has 6 heteroatoms. The van der Waals surface area contributed by atoms with Crippen LogP contribution in [0.2, 0.25) is 0 Å². The highest BCUT2D eigenvalue weighted by molar-refractivity contribution is 4.92. The summed E-state index contributed by atoms with van der Waals surface area (Å²) in [7, 11) is 1.49. The van der Waals surface area contributed by atoms with E-state index in [0.717, 1.165) is 0 Å². The number of likely N-dealkylation sites (N-methyl/N-ethyl adjacent to an activating group) is 1. The molecule has 0 bridgehead atoms. The van der Waals surface area contributed by atoms with Crippen LogP contribution in [0.5, 0.6) is 0 Å². The minimum atomic E-state index is -4.30.